The van der Waals surface area contributed by atoms with Gasteiger partial charge in [0.05, 0.1) is 11.7 Å². The van der Waals surface area contributed by atoms with Crippen LogP contribution >= 0.6 is 0 Å². The monoisotopic (exact) mass is 246 g/mol. The molecule has 1 saturated carbocycles. The Balaban J connectivity index is 2.34. The Labute approximate surface area is 96.0 Å². The highest BCUT2D eigenvalue weighted by atomic mass is 19.4. The zero-order valence-corrected chi connectivity index (χ0v) is 8.74. The molecule has 0 heterocycles. The molecule has 0 unspecified atom stereocenters. The molecule has 1 aliphatic carbocycles. The third kappa shape index (κ3) is 3.14. The fraction of sp³-hybridized carbons (Fsp3) is 0.400. The Bertz CT molecular complexity index is 416. The van der Waals surface area contributed by atoms with Crippen molar-refractivity contribution >= 4 is 12.6 Å². The van der Waals surface area contributed by atoms with Crippen LogP contribution in [0.25, 0.3) is 0 Å². The Kier molecular flexibility index (Phi) is 3.05. The van der Waals surface area contributed by atoms with Crippen LogP contribution < -0.4 is 10.2 Å². The number of benzene rings is 1. The summed E-state index contributed by atoms with van der Waals surface area (Å²) in [4.78, 5) is 0. The van der Waals surface area contributed by atoms with E-state index in [4.69, 9.17) is 14.8 Å². The second kappa shape index (κ2) is 4.23. The number of halogens is 3. The first-order chi connectivity index (χ1) is 7.86. The van der Waals surface area contributed by atoms with Crippen molar-refractivity contribution in [2.45, 2.75) is 25.1 Å². The Hall–Kier alpha value is -1.21. The minimum Gasteiger partial charge on any atom is -0.490 e. The largest absolute Gasteiger partial charge is 0.490 e. The molecule has 17 heavy (non-hydrogen) atoms. The third-order valence-electron chi connectivity index (χ3n) is 2.38. The maximum absolute atomic E-state index is 12.5. The molecular formula is C10H10BF3O3. The normalized spacial score (nSPS) is 15.8. The maximum atomic E-state index is 12.5. The lowest BCUT2D eigenvalue weighted by Crippen LogP contribution is -2.31. The van der Waals surface area contributed by atoms with E-state index in [1.54, 1.807) is 0 Å². The lowest BCUT2D eigenvalue weighted by molar-refractivity contribution is -0.137. The Morgan fingerprint density at radius 3 is 2.29 bits per heavy atom. The number of hydrogen-bond donors (Lipinski definition) is 2. The topological polar surface area (TPSA) is 49.7 Å². The fourth-order valence-corrected chi connectivity index (χ4v) is 1.38. The summed E-state index contributed by atoms with van der Waals surface area (Å²) in [6, 6.07) is 2.77. The van der Waals surface area contributed by atoms with E-state index in [0.29, 0.717) is 6.07 Å². The molecule has 3 nitrogen and oxygen atoms in total. The van der Waals surface area contributed by atoms with Gasteiger partial charge in [-0.05, 0) is 36.5 Å². The van der Waals surface area contributed by atoms with Gasteiger partial charge in [0.1, 0.15) is 5.75 Å². The predicted molar refractivity (Wildman–Crippen MR) is 54.9 cm³/mol. The van der Waals surface area contributed by atoms with Gasteiger partial charge in [-0.1, -0.05) is 0 Å². The summed E-state index contributed by atoms with van der Waals surface area (Å²) in [7, 11) is -1.95. The Morgan fingerprint density at radius 1 is 1.18 bits per heavy atom. The molecule has 0 atom stereocenters. The van der Waals surface area contributed by atoms with E-state index in [0.717, 1.165) is 18.9 Å². The van der Waals surface area contributed by atoms with Crippen LogP contribution in [0.3, 0.4) is 0 Å². The number of ether oxygens (including phenoxy) is 1. The molecule has 0 spiro atoms. The van der Waals surface area contributed by atoms with Crippen molar-refractivity contribution in [2.24, 2.45) is 0 Å². The lowest BCUT2D eigenvalue weighted by Gasteiger charge is -2.12. The standard InChI is InChI=1S/C10H10BF3O3/c12-10(13,14)6-3-7(11(15)16)5-9(4-6)17-8-1-2-8/h3-5,8,15-16H,1-2H2. The summed E-state index contributed by atoms with van der Waals surface area (Å²) in [6.45, 7) is 0. The first-order valence-electron chi connectivity index (χ1n) is 5.11. The highest BCUT2D eigenvalue weighted by Crippen LogP contribution is 2.33. The van der Waals surface area contributed by atoms with Gasteiger partial charge in [0.15, 0.2) is 0 Å². The van der Waals surface area contributed by atoms with Gasteiger partial charge in [-0.2, -0.15) is 13.2 Å². The van der Waals surface area contributed by atoms with Crippen molar-refractivity contribution in [3.8, 4) is 5.75 Å². The van der Waals surface area contributed by atoms with Crippen LogP contribution in [0.15, 0.2) is 18.2 Å². The van der Waals surface area contributed by atoms with Crippen LogP contribution in [0.1, 0.15) is 18.4 Å². The molecule has 0 radical (unpaired) electrons. The van der Waals surface area contributed by atoms with E-state index in [9.17, 15) is 13.2 Å². The van der Waals surface area contributed by atoms with Gasteiger partial charge >= 0.3 is 13.3 Å². The van der Waals surface area contributed by atoms with E-state index in [1.165, 1.54) is 6.07 Å². The molecule has 2 N–H and O–H groups in total. The van der Waals surface area contributed by atoms with E-state index in [-0.39, 0.29) is 17.3 Å². The molecular weight excluding hydrogens is 236 g/mol. The van der Waals surface area contributed by atoms with Crippen LogP contribution in [0.4, 0.5) is 13.2 Å². The van der Waals surface area contributed by atoms with Crippen molar-refractivity contribution in [1.29, 1.82) is 0 Å². The zero-order valence-electron chi connectivity index (χ0n) is 8.74. The molecule has 1 fully saturated rings. The molecule has 1 aromatic rings. The summed E-state index contributed by atoms with van der Waals surface area (Å²) in [5.41, 5.74) is -1.17. The van der Waals surface area contributed by atoms with E-state index < -0.39 is 18.9 Å². The molecule has 0 saturated heterocycles. The van der Waals surface area contributed by atoms with Crippen LogP contribution in [-0.4, -0.2) is 23.3 Å². The smallest absolute Gasteiger partial charge is 0.488 e. The van der Waals surface area contributed by atoms with Gasteiger partial charge < -0.3 is 14.8 Å². The van der Waals surface area contributed by atoms with Gasteiger partial charge in [0.25, 0.3) is 0 Å². The quantitative estimate of drug-likeness (QED) is 0.780. The van der Waals surface area contributed by atoms with Crippen molar-refractivity contribution in [3.05, 3.63) is 23.8 Å². The second-order valence-electron chi connectivity index (χ2n) is 3.98. The van der Waals surface area contributed by atoms with Crippen LogP contribution in [0, 0.1) is 0 Å². The molecule has 1 aliphatic rings. The van der Waals surface area contributed by atoms with Crippen molar-refractivity contribution in [3.63, 3.8) is 0 Å². The first-order valence-corrected chi connectivity index (χ1v) is 5.11. The highest BCUT2D eigenvalue weighted by molar-refractivity contribution is 6.58. The highest BCUT2D eigenvalue weighted by Gasteiger charge is 2.33. The number of alkyl halides is 3. The molecule has 0 aromatic heterocycles. The lowest BCUT2D eigenvalue weighted by atomic mass is 9.79. The molecule has 0 aliphatic heterocycles. The SMILES string of the molecule is OB(O)c1cc(OC2CC2)cc(C(F)(F)F)c1. The molecule has 2 rings (SSSR count). The second-order valence-corrected chi connectivity index (χ2v) is 3.98. The minimum absolute atomic E-state index is 0.0189. The molecule has 0 amide bonds. The average Bonchev–Trinajstić information content (AvgIpc) is 2.99. The molecule has 1 aromatic carbocycles. The fourth-order valence-electron chi connectivity index (χ4n) is 1.38. The number of rotatable bonds is 3. The van der Waals surface area contributed by atoms with E-state index >= 15 is 0 Å². The van der Waals surface area contributed by atoms with E-state index in [2.05, 4.69) is 0 Å². The van der Waals surface area contributed by atoms with Crippen LogP contribution in [0.5, 0.6) is 5.75 Å². The summed E-state index contributed by atoms with van der Waals surface area (Å²) >= 11 is 0. The van der Waals surface area contributed by atoms with Crippen LogP contribution in [0.2, 0.25) is 0 Å². The van der Waals surface area contributed by atoms with Gasteiger partial charge in [-0.15, -0.1) is 0 Å². The third-order valence-corrected chi connectivity index (χ3v) is 2.38. The van der Waals surface area contributed by atoms with Gasteiger partial charge in [0, 0.05) is 0 Å². The van der Waals surface area contributed by atoms with Gasteiger partial charge in [-0.3, -0.25) is 0 Å². The first kappa shape index (κ1) is 12.3. The summed E-state index contributed by atoms with van der Waals surface area (Å²) in [5.74, 6) is 0.0189. The van der Waals surface area contributed by atoms with Crippen LogP contribution in [-0.2, 0) is 6.18 Å². The molecule has 92 valence electrons. The van der Waals surface area contributed by atoms with E-state index in [1.807, 2.05) is 0 Å². The maximum Gasteiger partial charge on any atom is 0.488 e. The number of hydrogen-bond acceptors (Lipinski definition) is 3. The summed E-state index contributed by atoms with van der Waals surface area (Å²) in [6.07, 6.45) is -2.96. The van der Waals surface area contributed by atoms with Gasteiger partial charge in [-0.25, -0.2) is 0 Å². The zero-order chi connectivity index (χ0) is 12.6. The molecule has 0 bridgehead atoms. The molecule has 7 heteroatoms. The summed E-state index contributed by atoms with van der Waals surface area (Å²) in [5, 5.41) is 17.8. The minimum atomic E-state index is -4.54. The van der Waals surface area contributed by atoms with Crippen molar-refractivity contribution in [1.82, 2.24) is 0 Å². The van der Waals surface area contributed by atoms with Crippen molar-refractivity contribution < 1.29 is 28.0 Å². The Morgan fingerprint density at radius 2 is 1.82 bits per heavy atom. The average molecular weight is 246 g/mol. The summed E-state index contributed by atoms with van der Waals surface area (Å²) < 4.78 is 42.9. The van der Waals surface area contributed by atoms with Gasteiger partial charge in [0.2, 0.25) is 0 Å². The predicted octanol–water partition coefficient (Wildman–Crippen LogP) is 0.926. The van der Waals surface area contributed by atoms with Crippen molar-refractivity contribution in [2.75, 3.05) is 0 Å².